The molecule has 3 rings (SSSR count). The molecule has 7 heteroatoms. The molecule has 0 aliphatic carbocycles. The Morgan fingerprint density at radius 1 is 1.30 bits per heavy atom. The molecule has 2 aromatic rings. The lowest BCUT2D eigenvalue weighted by Crippen LogP contribution is -2.39. The van der Waals surface area contributed by atoms with Crippen LogP contribution < -0.4 is 15.5 Å². The van der Waals surface area contributed by atoms with Crippen LogP contribution in [0.25, 0.3) is 0 Å². The van der Waals surface area contributed by atoms with Gasteiger partial charge in [0.2, 0.25) is 0 Å². The molecule has 1 atom stereocenters. The van der Waals surface area contributed by atoms with Gasteiger partial charge in [0.15, 0.2) is 5.96 Å². The Morgan fingerprint density at radius 3 is 2.81 bits per heavy atom. The van der Waals surface area contributed by atoms with E-state index in [4.69, 9.17) is 4.99 Å². The molecule has 2 N–H and O–H groups in total. The van der Waals surface area contributed by atoms with Crippen LogP contribution >= 0.6 is 35.3 Å². The molecule has 5 nitrogen and oxygen atoms in total. The molecule has 1 aliphatic heterocycles. The third kappa shape index (κ3) is 6.64. The number of hydrogen-bond acceptors (Lipinski definition) is 4. The smallest absolute Gasteiger partial charge is 0.191 e. The molecule has 2 aromatic heterocycles. The van der Waals surface area contributed by atoms with Gasteiger partial charge in [-0.05, 0) is 48.9 Å². The van der Waals surface area contributed by atoms with Gasteiger partial charge in [-0.25, -0.2) is 9.98 Å². The van der Waals surface area contributed by atoms with Gasteiger partial charge in [-0.1, -0.05) is 13.0 Å². The summed E-state index contributed by atoms with van der Waals surface area (Å²) >= 11 is 1.81. The number of nitrogens with zero attached hydrogens (tertiary/aromatic N) is 3. The Hall–Kier alpha value is -1.35. The van der Waals surface area contributed by atoms with Crippen molar-refractivity contribution < 1.29 is 0 Å². The quantitative estimate of drug-likeness (QED) is 0.341. The summed E-state index contributed by atoms with van der Waals surface area (Å²) in [4.78, 5) is 13.0. The maximum Gasteiger partial charge on any atom is 0.191 e. The minimum Gasteiger partial charge on any atom is -0.357 e. The van der Waals surface area contributed by atoms with Gasteiger partial charge in [-0.3, -0.25) is 0 Å². The molecule has 3 heterocycles. The molecule has 27 heavy (non-hydrogen) atoms. The minimum absolute atomic E-state index is 0. The normalized spacial score (nSPS) is 15.3. The van der Waals surface area contributed by atoms with Crippen LogP contribution in [-0.4, -0.2) is 37.1 Å². The Kier molecular flexibility index (Phi) is 9.33. The zero-order valence-electron chi connectivity index (χ0n) is 16.1. The van der Waals surface area contributed by atoms with Crippen molar-refractivity contribution in [2.24, 2.45) is 4.99 Å². The molecule has 1 unspecified atom stereocenters. The molecule has 1 aliphatic rings. The largest absolute Gasteiger partial charge is 0.357 e. The first-order valence-electron chi connectivity index (χ1n) is 9.51. The Bertz CT molecular complexity index is 698. The number of nitrogens with one attached hydrogen (secondary N) is 2. The fraction of sp³-hybridized carbons (Fsp3) is 0.500. The standard InChI is InChI=1S/C20H29N5S.HI/c1-3-21-20(23-14-16(2)18-7-6-12-26-18)24-15-17-8-9-22-19(13-17)25-10-4-5-11-25;/h6-9,12-13,16H,3-5,10-11,14-15H2,1-2H3,(H2,21,23,24);1H. The number of guanidine groups is 1. The molecule has 0 amide bonds. The highest BCUT2D eigenvalue weighted by Crippen LogP contribution is 2.20. The maximum atomic E-state index is 4.76. The van der Waals surface area contributed by atoms with E-state index in [9.17, 15) is 0 Å². The van der Waals surface area contributed by atoms with E-state index < -0.39 is 0 Å². The number of anilines is 1. The fourth-order valence-electron chi connectivity index (χ4n) is 3.11. The Morgan fingerprint density at radius 2 is 2.11 bits per heavy atom. The van der Waals surface area contributed by atoms with Crippen molar-refractivity contribution in [1.29, 1.82) is 0 Å². The van der Waals surface area contributed by atoms with Crippen LogP contribution in [-0.2, 0) is 6.54 Å². The second-order valence-corrected chi connectivity index (χ2v) is 7.69. The first kappa shape index (κ1) is 21.9. The third-order valence-electron chi connectivity index (χ3n) is 4.61. The van der Waals surface area contributed by atoms with E-state index in [2.05, 4.69) is 64.0 Å². The van der Waals surface area contributed by atoms with Gasteiger partial charge in [0.05, 0.1) is 6.54 Å². The van der Waals surface area contributed by atoms with Crippen LogP contribution in [0.4, 0.5) is 5.82 Å². The van der Waals surface area contributed by atoms with Crippen LogP contribution in [0.2, 0.25) is 0 Å². The number of rotatable bonds is 7. The Labute approximate surface area is 183 Å². The summed E-state index contributed by atoms with van der Waals surface area (Å²) in [7, 11) is 0. The van der Waals surface area contributed by atoms with Crippen LogP contribution in [0, 0.1) is 0 Å². The molecule has 1 saturated heterocycles. The van der Waals surface area contributed by atoms with Crippen LogP contribution in [0.15, 0.2) is 40.8 Å². The summed E-state index contributed by atoms with van der Waals surface area (Å²) in [6.07, 6.45) is 4.43. The van der Waals surface area contributed by atoms with Gasteiger partial charge in [0.25, 0.3) is 0 Å². The molecule has 0 aromatic carbocycles. The highest BCUT2D eigenvalue weighted by Gasteiger charge is 2.13. The van der Waals surface area contributed by atoms with Crippen LogP contribution in [0.5, 0.6) is 0 Å². The lowest BCUT2D eigenvalue weighted by Gasteiger charge is -2.17. The fourth-order valence-corrected chi connectivity index (χ4v) is 3.90. The van der Waals surface area contributed by atoms with Crippen molar-refractivity contribution in [2.75, 3.05) is 31.1 Å². The molecular weight excluding hydrogens is 469 g/mol. The van der Waals surface area contributed by atoms with Crippen molar-refractivity contribution in [1.82, 2.24) is 15.6 Å². The summed E-state index contributed by atoms with van der Waals surface area (Å²) in [6, 6.07) is 8.53. The molecule has 0 bridgehead atoms. The predicted octanol–water partition coefficient (Wildman–Crippen LogP) is 4.22. The first-order chi connectivity index (χ1) is 12.8. The van der Waals surface area contributed by atoms with Gasteiger partial charge in [-0.2, -0.15) is 0 Å². The minimum atomic E-state index is 0. The summed E-state index contributed by atoms with van der Waals surface area (Å²) in [5.41, 5.74) is 1.20. The van der Waals surface area contributed by atoms with E-state index in [1.54, 1.807) is 0 Å². The zero-order chi connectivity index (χ0) is 18.2. The highest BCUT2D eigenvalue weighted by molar-refractivity contribution is 14.0. The molecular formula is C20H30IN5S. The zero-order valence-corrected chi connectivity index (χ0v) is 19.3. The van der Waals surface area contributed by atoms with E-state index in [0.29, 0.717) is 12.5 Å². The number of hydrogen-bond donors (Lipinski definition) is 2. The van der Waals surface area contributed by atoms with Gasteiger partial charge in [0.1, 0.15) is 5.82 Å². The molecule has 0 spiro atoms. The van der Waals surface area contributed by atoms with Crippen molar-refractivity contribution in [2.45, 2.75) is 39.2 Å². The van der Waals surface area contributed by atoms with E-state index in [-0.39, 0.29) is 24.0 Å². The number of aliphatic imine (C=N–C) groups is 1. The van der Waals surface area contributed by atoms with E-state index in [0.717, 1.165) is 38.0 Å². The van der Waals surface area contributed by atoms with Gasteiger partial charge in [-0.15, -0.1) is 35.3 Å². The summed E-state index contributed by atoms with van der Waals surface area (Å²) in [6.45, 7) is 8.96. The second-order valence-electron chi connectivity index (χ2n) is 6.71. The van der Waals surface area contributed by atoms with E-state index >= 15 is 0 Å². The SMILES string of the molecule is CCNC(=NCc1ccnc(N2CCCC2)c1)NCC(C)c1cccs1.I. The van der Waals surface area contributed by atoms with E-state index in [1.165, 1.54) is 23.3 Å². The molecule has 0 radical (unpaired) electrons. The van der Waals surface area contributed by atoms with Gasteiger partial charge in [0, 0.05) is 43.2 Å². The van der Waals surface area contributed by atoms with Crippen LogP contribution in [0.1, 0.15) is 43.0 Å². The van der Waals surface area contributed by atoms with Crippen LogP contribution in [0.3, 0.4) is 0 Å². The number of aromatic nitrogens is 1. The predicted molar refractivity (Wildman–Crippen MR) is 127 cm³/mol. The van der Waals surface area contributed by atoms with Gasteiger partial charge < -0.3 is 15.5 Å². The molecule has 148 valence electrons. The third-order valence-corrected chi connectivity index (χ3v) is 5.71. The topological polar surface area (TPSA) is 52.6 Å². The lowest BCUT2D eigenvalue weighted by molar-refractivity contribution is 0.709. The highest BCUT2D eigenvalue weighted by atomic mass is 127. The van der Waals surface area contributed by atoms with Crippen molar-refractivity contribution in [3.63, 3.8) is 0 Å². The van der Waals surface area contributed by atoms with Crippen molar-refractivity contribution in [3.05, 3.63) is 46.3 Å². The average molecular weight is 499 g/mol. The van der Waals surface area contributed by atoms with Gasteiger partial charge >= 0.3 is 0 Å². The van der Waals surface area contributed by atoms with Crippen molar-refractivity contribution in [3.8, 4) is 0 Å². The molecule has 1 fully saturated rings. The summed E-state index contributed by atoms with van der Waals surface area (Å²) in [5.74, 6) is 2.43. The van der Waals surface area contributed by atoms with E-state index in [1.807, 2.05) is 17.5 Å². The summed E-state index contributed by atoms with van der Waals surface area (Å²) < 4.78 is 0. The monoisotopic (exact) mass is 499 g/mol. The molecule has 0 saturated carbocycles. The first-order valence-corrected chi connectivity index (χ1v) is 10.4. The lowest BCUT2D eigenvalue weighted by atomic mass is 10.1. The number of thiophene rings is 1. The number of pyridine rings is 1. The Balaban J connectivity index is 0.00000261. The second kappa shape index (κ2) is 11.5. The average Bonchev–Trinajstić information content (AvgIpc) is 3.38. The maximum absolute atomic E-state index is 4.76. The number of halogens is 1. The summed E-state index contributed by atoms with van der Waals surface area (Å²) in [5, 5.41) is 8.94. The van der Waals surface area contributed by atoms with Crippen molar-refractivity contribution >= 4 is 47.1 Å².